The fourth-order valence-electron chi connectivity index (χ4n) is 2.99. The number of rotatable bonds is 2. The third-order valence-electron chi connectivity index (χ3n) is 4.24. The van der Waals surface area contributed by atoms with Gasteiger partial charge in [-0.25, -0.2) is 10.1 Å². The Morgan fingerprint density at radius 2 is 1.74 bits per heavy atom. The molecular formula is C19H17N2OS+. The molecule has 0 aromatic heterocycles. The first-order chi connectivity index (χ1) is 11.2. The Balaban J connectivity index is 1.65. The molecule has 0 bridgehead atoms. The van der Waals surface area contributed by atoms with Crippen molar-refractivity contribution in [1.29, 1.82) is 0 Å². The standard InChI is InChI=1S/C19H16N2OS/c1-12-7-9-14(10-8-12)17-20-18(22)16-15(11-23-19(16)21-17)13-5-3-2-4-6-13/h2-11,16,19H,1H3,(H,20,21,22)/p+1/t16-,19-/m1/s1. The van der Waals surface area contributed by atoms with E-state index < -0.39 is 0 Å². The van der Waals surface area contributed by atoms with Crippen LogP contribution < -0.4 is 10.3 Å². The minimum Gasteiger partial charge on any atom is -0.260 e. The molecule has 4 heteroatoms. The molecule has 0 fully saturated rings. The lowest BCUT2D eigenvalue weighted by Gasteiger charge is -2.20. The van der Waals surface area contributed by atoms with Crippen molar-refractivity contribution in [1.82, 2.24) is 5.32 Å². The van der Waals surface area contributed by atoms with Crippen LogP contribution in [0.2, 0.25) is 0 Å². The fraction of sp³-hybridized carbons (Fsp3) is 0.158. The van der Waals surface area contributed by atoms with Gasteiger partial charge >= 0.3 is 5.91 Å². The van der Waals surface area contributed by atoms with E-state index in [1.165, 1.54) is 5.56 Å². The number of carbonyl (C=O) groups is 1. The molecule has 2 aromatic carbocycles. The number of amidine groups is 1. The Kier molecular flexibility index (Phi) is 3.54. The average Bonchev–Trinajstić information content (AvgIpc) is 3.01. The van der Waals surface area contributed by atoms with E-state index in [4.69, 9.17) is 0 Å². The van der Waals surface area contributed by atoms with Gasteiger partial charge < -0.3 is 0 Å². The van der Waals surface area contributed by atoms with Gasteiger partial charge in [-0.1, -0.05) is 59.8 Å². The smallest absolute Gasteiger partial charge is 0.260 e. The van der Waals surface area contributed by atoms with E-state index in [1.807, 2.05) is 30.3 Å². The summed E-state index contributed by atoms with van der Waals surface area (Å²) < 4.78 is 0. The first-order valence-corrected chi connectivity index (χ1v) is 8.59. The van der Waals surface area contributed by atoms with Gasteiger partial charge in [0.15, 0.2) is 5.37 Å². The summed E-state index contributed by atoms with van der Waals surface area (Å²) in [4.78, 5) is 16.2. The lowest BCUT2D eigenvalue weighted by atomic mass is 9.92. The molecule has 2 heterocycles. The second-order valence-corrected chi connectivity index (χ2v) is 6.86. The van der Waals surface area contributed by atoms with Crippen LogP contribution in [0.3, 0.4) is 0 Å². The summed E-state index contributed by atoms with van der Waals surface area (Å²) in [6.45, 7) is 2.06. The molecule has 0 unspecified atom stereocenters. The SMILES string of the molecule is Cc1ccc(C2=[NH+][C@@H]3SC=C(c4ccccc4)[C@@H]3C(=O)N2)cc1. The number of fused-ring (bicyclic) bond motifs is 1. The maximum Gasteiger partial charge on any atom is 0.320 e. The molecule has 2 atom stereocenters. The van der Waals surface area contributed by atoms with E-state index in [0.717, 1.165) is 22.5 Å². The molecule has 0 aliphatic carbocycles. The highest BCUT2D eigenvalue weighted by atomic mass is 32.2. The topological polar surface area (TPSA) is 43.1 Å². The predicted molar refractivity (Wildman–Crippen MR) is 93.7 cm³/mol. The number of benzene rings is 2. The van der Waals surface area contributed by atoms with Crippen LogP contribution in [0.1, 0.15) is 16.7 Å². The average molecular weight is 321 g/mol. The van der Waals surface area contributed by atoms with Crippen molar-refractivity contribution in [2.75, 3.05) is 0 Å². The number of carbonyl (C=O) groups excluding carboxylic acids is 1. The van der Waals surface area contributed by atoms with E-state index >= 15 is 0 Å². The largest absolute Gasteiger partial charge is 0.320 e. The summed E-state index contributed by atoms with van der Waals surface area (Å²) in [6, 6.07) is 18.3. The van der Waals surface area contributed by atoms with Crippen molar-refractivity contribution < 1.29 is 9.79 Å². The van der Waals surface area contributed by atoms with Gasteiger partial charge in [0.2, 0.25) is 0 Å². The van der Waals surface area contributed by atoms with Gasteiger partial charge in [0, 0.05) is 0 Å². The summed E-state index contributed by atoms with van der Waals surface area (Å²) in [5.41, 5.74) is 4.42. The number of hydrogen-bond donors (Lipinski definition) is 2. The minimum atomic E-state index is -0.156. The third-order valence-corrected chi connectivity index (χ3v) is 5.32. The quantitative estimate of drug-likeness (QED) is 0.884. The van der Waals surface area contributed by atoms with E-state index in [0.29, 0.717) is 0 Å². The number of amides is 1. The zero-order chi connectivity index (χ0) is 15.8. The monoisotopic (exact) mass is 321 g/mol. The first-order valence-electron chi connectivity index (χ1n) is 7.65. The van der Waals surface area contributed by atoms with Gasteiger partial charge in [-0.3, -0.25) is 4.99 Å². The van der Waals surface area contributed by atoms with Gasteiger partial charge in [0.25, 0.3) is 5.84 Å². The van der Waals surface area contributed by atoms with Crippen LogP contribution >= 0.6 is 11.8 Å². The molecule has 2 aliphatic rings. The van der Waals surface area contributed by atoms with Crippen LogP contribution in [0.5, 0.6) is 0 Å². The van der Waals surface area contributed by atoms with Gasteiger partial charge in [-0.15, -0.1) is 0 Å². The first kappa shape index (κ1) is 14.3. The van der Waals surface area contributed by atoms with Crippen LogP contribution in [0.25, 0.3) is 5.57 Å². The van der Waals surface area contributed by atoms with E-state index in [2.05, 4.69) is 46.9 Å². The molecule has 1 amide bonds. The van der Waals surface area contributed by atoms with E-state index in [-0.39, 0.29) is 17.2 Å². The second-order valence-electron chi connectivity index (χ2n) is 5.85. The molecule has 4 rings (SSSR count). The van der Waals surface area contributed by atoms with Crippen molar-refractivity contribution >= 4 is 29.1 Å². The molecule has 2 aliphatic heterocycles. The maximum absolute atomic E-state index is 12.7. The zero-order valence-electron chi connectivity index (χ0n) is 12.7. The number of thioether (sulfide) groups is 1. The minimum absolute atomic E-state index is 0.0512. The molecule has 2 aromatic rings. The van der Waals surface area contributed by atoms with Crippen LogP contribution in [-0.4, -0.2) is 17.1 Å². The molecule has 0 saturated heterocycles. The van der Waals surface area contributed by atoms with Gasteiger partial charge in [0.1, 0.15) is 5.92 Å². The summed E-state index contributed by atoms with van der Waals surface area (Å²) in [6.07, 6.45) is 0. The van der Waals surface area contributed by atoms with Crippen LogP contribution in [0.4, 0.5) is 0 Å². The lowest BCUT2D eigenvalue weighted by Crippen LogP contribution is -2.86. The van der Waals surface area contributed by atoms with Gasteiger partial charge in [-0.2, -0.15) is 0 Å². The molecule has 0 radical (unpaired) electrons. The number of nitrogens with one attached hydrogen (secondary N) is 2. The van der Waals surface area contributed by atoms with Crippen LogP contribution in [-0.2, 0) is 4.79 Å². The maximum atomic E-state index is 12.7. The summed E-state index contributed by atoms with van der Waals surface area (Å²) in [7, 11) is 0. The summed E-state index contributed by atoms with van der Waals surface area (Å²) >= 11 is 1.68. The highest BCUT2D eigenvalue weighted by Gasteiger charge is 2.44. The number of hydrogen-bond acceptors (Lipinski definition) is 2. The van der Waals surface area contributed by atoms with Crippen molar-refractivity contribution in [2.24, 2.45) is 5.92 Å². The molecule has 0 saturated carbocycles. The molecule has 23 heavy (non-hydrogen) atoms. The molecule has 114 valence electrons. The van der Waals surface area contributed by atoms with Crippen LogP contribution in [0.15, 0.2) is 60.0 Å². The van der Waals surface area contributed by atoms with Crippen molar-refractivity contribution in [3.63, 3.8) is 0 Å². The Hall–Kier alpha value is -2.33. The van der Waals surface area contributed by atoms with Gasteiger partial charge in [0.05, 0.1) is 5.56 Å². The number of aryl methyl sites for hydroxylation is 1. The highest BCUT2D eigenvalue weighted by Crippen LogP contribution is 2.39. The Morgan fingerprint density at radius 3 is 2.48 bits per heavy atom. The summed E-state index contributed by atoms with van der Waals surface area (Å²) in [5.74, 6) is 0.701. The Morgan fingerprint density at radius 1 is 1.00 bits per heavy atom. The lowest BCUT2D eigenvalue weighted by molar-refractivity contribution is -0.481. The van der Waals surface area contributed by atoms with Crippen LogP contribution in [0, 0.1) is 12.8 Å². The van der Waals surface area contributed by atoms with Crippen molar-refractivity contribution in [3.05, 3.63) is 76.7 Å². The Bertz CT molecular complexity index is 809. The highest BCUT2D eigenvalue weighted by molar-refractivity contribution is 8.03. The molecular weight excluding hydrogens is 304 g/mol. The predicted octanol–water partition coefficient (Wildman–Crippen LogP) is 1.68. The van der Waals surface area contributed by atoms with E-state index in [1.54, 1.807) is 11.8 Å². The normalized spacial score (nSPS) is 22.9. The second kappa shape index (κ2) is 5.70. The summed E-state index contributed by atoms with van der Waals surface area (Å²) in [5, 5.41) is 5.19. The van der Waals surface area contributed by atoms with E-state index in [9.17, 15) is 4.79 Å². The van der Waals surface area contributed by atoms with Crippen molar-refractivity contribution in [2.45, 2.75) is 12.3 Å². The fourth-order valence-corrected chi connectivity index (χ4v) is 4.18. The van der Waals surface area contributed by atoms with Gasteiger partial charge in [-0.05, 0) is 35.6 Å². The molecule has 0 spiro atoms. The third kappa shape index (κ3) is 2.59. The zero-order valence-corrected chi connectivity index (χ0v) is 13.6. The van der Waals surface area contributed by atoms with Crippen molar-refractivity contribution in [3.8, 4) is 0 Å². The Labute approximate surface area is 139 Å². The molecule has 3 nitrogen and oxygen atoms in total. The molecule has 2 N–H and O–H groups in total.